The molecule has 0 aliphatic carbocycles. The molecular formula is C30H36N4O2. The zero-order valence-electron chi connectivity index (χ0n) is 21.4. The first-order valence-corrected chi connectivity index (χ1v) is 12.7. The summed E-state index contributed by atoms with van der Waals surface area (Å²) in [6, 6.07) is 25.3. The lowest BCUT2D eigenvalue weighted by atomic mass is 10.0. The first-order chi connectivity index (χ1) is 17.4. The third kappa shape index (κ3) is 6.73. The number of hydrogen-bond donors (Lipinski definition) is 2. The number of hydrogen-bond acceptors (Lipinski definition) is 4. The van der Waals surface area contributed by atoms with Crippen molar-refractivity contribution in [3.05, 3.63) is 95.6 Å². The van der Waals surface area contributed by atoms with E-state index in [1.807, 2.05) is 51.1 Å². The molecule has 6 nitrogen and oxygen atoms in total. The first kappa shape index (κ1) is 25.5. The molecule has 1 atom stereocenters. The molecule has 1 fully saturated rings. The lowest BCUT2D eigenvalue weighted by molar-refractivity contribution is -0.118. The predicted molar refractivity (Wildman–Crippen MR) is 146 cm³/mol. The monoisotopic (exact) mass is 484 g/mol. The van der Waals surface area contributed by atoms with E-state index < -0.39 is 6.04 Å². The molecule has 1 aliphatic rings. The minimum absolute atomic E-state index is 0.0507. The zero-order chi connectivity index (χ0) is 25.5. The number of carbonyl (C=O) groups is 2. The Morgan fingerprint density at radius 2 is 1.56 bits per heavy atom. The molecule has 6 heteroatoms. The topological polar surface area (TPSA) is 64.7 Å². The third-order valence-corrected chi connectivity index (χ3v) is 6.64. The summed E-state index contributed by atoms with van der Waals surface area (Å²) in [6.45, 7) is 10.8. The average Bonchev–Trinajstić information content (AvgIpc) is 2.88. The van der Waals surface area contributed by atoms with Gasteiger partial charge >= 0.3 is 0 Å². The molecule has 188 valence electrons. The van der Waals surface area contributed by atoms with E-state index in [2.05, 4.69) is 62.9 Å². The van der Waals surface area contributed by atoms with Crippen LogP contribution in [-0.4, -0.2) is 48.9 Å². The highest BCUT2D eigenvalue weighted by molar-refractivity contribution is 6.01. The van der Waals surface area contributed by atoms with Crippen LogP contribution in [0.3, 0.4) is 0 Å². The van der Waals surface area contributed by atoms with Gasteiger partial charge in [-0.2, -0.15) is 0 Å². The molecule has 0 saturated carbocycles. The van der Waals surface area contributed by atoms with Crippen LogP contribution in [0, 0.1) is 12.8 Å². The second-order valence-electron chi connectivity index (χ2n) is 9.85. The maximum absolute atomic E-state index is 13.0. The van der Waals surface area contributed by atoms with E-state index >= 15 is 0 Å². The van der Waals surface area contributed by atoms with Crippen LogP contribution in [0.1, 0.15) is 35.3 Å². The molecular weight excluding hydrogens is 448 g/mol. The van der Waals surface area contributed by atoms with Crippen LogP contribution in [0.4, 0.5) is 11.4 Å². The van der Waals surface area contributed by atoms with E-state index in [1.165, 1.54) is 5.56 Å². The van der Waals surface area contributed by atoms with Crippen LogP contribution in [0.5, 0.6) is 0 Å². The highest BCUT2D eigenvalue weighted by Gasteiger charge is 2.25. The van der Waals surface area contributed by atoms with E-state index in [1.54, 1.807) is 6.07 Å². The lowest BCUT2D eigenvalue weighted by Crippen LogP contribution is -2.47. The van der Waals surface area contributed by atoms with Crippen molar-refractivity contribution in [2.45, 2.75) is 33.4 Å². The number of piperazine rings is 1. The number of aryl methyl sites for hydroxylation is 1. The molecule has 3 aromatic rings. The molecule has 1 aliphatic heterocycles. The standard InChI is InChI=1S/C30H36N4O2/c1-22(2)28(32-29(35)25-11-7-8-23(3)20-25)30(36)31-26-12-14-27(15-13-26)34-18-16-33(17-19-34)21-24-9-5-4-6-10-24/h4-15,20,22,28H,16-19,21H2,1-3H3,(H,31,36)(H,32,35)/t28-/m0/s1. The largest absolute Gasteiger partial charge is 0.369 e. The van der Waals surface area contributed by atoms with Gasteiger partial charge in [-0.15, -0.1) is 0 Å². The Kier molecular flexibility index (Phi) is 8.39. The van der Waals surface area contributed by atoms with Crippen molar-refractivity contribution in [1.82, 2.24) is 10.2 Å². The number of amides is 2. The van der Waals surface area contributed by atoms with Gasteiger partial charge < -0.3 is 15.5 Å². The Bertz CT molecular complexity index is 1150. The van der Waals surface area contributed by atoms with Crippen LogP contribution in [0.25, 0.3) is 0 Å². The number of rotatable bonds is 8. The van der Waals surface area contributed by atoms with Crippen LogP contribution in [-0.2, 0) is 11.3 Å². The summed E-state index contributed by atoms with van der Waals surface area (Å²) in [6.07, 6.45) is 0. The van der Waals surface area contributed by atoms with Crippen molar-refractivity contribution < 1.29 is 9.59 Å². The van der Waals surface area contributed by atoms with Gasteiger partial charge in [0.2, 0.25) is 5.91 Å². The quantitative estimate of drug-likeness (QED) is 0.486. The van der Waals surface area contributed by atoms with E-state index in [-0.39, 0.29) is 17.7 Å². The van der Waals surface area contributed by atoms with Crippen molar-refractivity contribution >= 4 is 23.2 Å². The number of carbonyl (C=O) groups excluding carboxylic acids is 2. The van der Waals surface area contributed by atoms with E-state index in [0.29, 0.717) is 5.56 Å². The van der Waals surface area contributed by atoms with Gasteiger partial charge in [-0.1, -0.05) is 61.9 Å². The second-order valence-corrected chi connectivity index (χ2v) is 9.85. The van der Waals surface area contributed by atoms with Crippen LogP contribution >= 0.6 is 0 Å². The molecule has 0 unspecified atom stereocenters. The normalized spacial score (nSPS) is 14.9. The molecule has 4 rings (SSSR count). The van der Waals surface area contributed by atoms with Gasteiger partial charge in [0.15, 0.2) is 0 Å². The molecule has 0 spiro atoms. The lowest BCUT2D eigenvalue weighted by Gasteiger charge is -2.36. The molecule has 36 heavy (non-hydrogen) atoms. The summed E-state index contributed by atoms with van der Waals surface area (Å²) in [7, 11) is 0. The van der Waals surface area contributed by atoms with Gasteiger partial charge in [-0.05, 0) is 54.8 Å². The SMILES string of the molecule is Cc1cccc(C(=O)N[C@H](C(=O)Nc2ccc(N3CCN(Cc4ccccc4)CC3)cc2)C(C)C)c1. The van der Waals surface area contributed by atoms with Crippen molar-refractivity contribution in [3.8, 4) is 0 Å². The van der Waals surface area contributed by atoms with E-state index in [9.17, 15) is 9.59 Å². The zero-order valence-corrected chi connectivity index (χ0v) is 21.4. The fourth-order valence-corrected chi connectivity index (χ4v) is 4.53. The van der Waals surface area contributed by atoms with Crippen LogP contribution < -0.4 is 15.5 Å². The average molecular weight is 485 g/mol. The maximum Gasteiger partial charge on any atom is 0.251 e. The van der Waals surface area contributed by atoms with Gasteiger partial charge in [0.05, 0.1) is 0 Å². The van der Waals surface area contributed by atoms with Crippen LogP contribution in [0.2, 0.25) is 0 Å². The number of nitrogens with zero attached hydrogens (tertiary/aromatic N) is 2. The molecule has 3 aromatic carbocycles. The third-order valence-electron chi connectivity index (χ3n) is 6.64. The Labute approximate surface area is 214 Å². The van der Waals surface area contributed by atoms with E-state index in [0.717, 1.165) is 49.7 Å². The summed E-state index contributed by atoms with van der Waals surface area (Å²) in [5.74, 6) is -0.507. The van der Waals surface area contributed by atoms with Crippen molar-refractivity contribution in [2.75, 3.05) is 36.4 Å². The predicted octanol–water partition coefficient (Wildman–Crippen LogP) is 4.71. The number of benzene rings is 3. The second kappa shape index (κ2) is 11.9. The fraction of sp³-hybridized carbons (Fsp3) is 0.333. The summed E-state index contributed by atoms with van der Waals surface area (Å²) < 4.78 is 0. The minimum atomic E-state index is -0.629. The summed E-state index contributed by atoms with van der Waals surface area (Å²) in [5.41, 5.74) is 4.79. The number of nitrogens with one attached hydrogen (secondary N) is 2. The van der Waals surface area contributed by atoms with Gasteiger partial charge in [0.25, 0.3) is 5.91 Å². The van der Waals surface area contributed by atoms with Gasteiger partial charge in [0.1, 0.15) is 6.04 Å². The molecule has 0 aromatic heterocycles. The molecule has 0 bridgehead atoms. The Morgan fingerprint density at radius 3 is 2.19 bits per heavy atom. The Hall–Kier alpha value is -3.64. The fourth-order valence-electron chi connectivity index (χ4n) is 4.53. The molecule has 1 saturated heterocycles. The molecule has 1 heterocycles. The summed E-state index contributed by atoms with van der Waals surface area (Å²) in [5, 5.41) is 5.88. The molecule has 2 N–H and O–H groups in total. The highest BCUT2D eigenvalue weighted by atomic mass is 16.2. The highest BCUT2D eigenvalue weighted by Crippen LogP contribution is 2.21. The minimum Gasteiger partial charge on any atom is -0.369 e. The van der Waals surface area contributed by atoms with Crippen molar-refractivity contribution in [2.24, 2.45) is 5.92 Å². The molecule has 2 amide bonds. The van der Waals surface area contributed by atoms with Gasteiger partial charge in [-0.3, -0.25) is 14.5 Å². The Balaban J connectivity index is 1.31. The Morgan fingerprint density at radius 1 is 0.861 bits per heavy atom. The summed E-state index contributed by atoms with van der Waals surface area (Å²) >= 11 is 0. The van der Waals surface area contributed by atoms with Gasteiger partial charge in [0, 0.05) is 49.7 Å². The number of anilines is 2. The first-order valence-electron chi connectivity index (χ1n) is 12.7. The van der Waals surface area contributed by atoms with E-state index in [4.69, 9.17) is 0 Å². The summed E-state index contributed by atoms with van der Waals surface area (Å²) in [4.78, 5) is 30.6. The molecule has 0 radical (unpaired) electrons. The van der Waals surface area contributed by atoms with Crippen LogP contribution in [0.15, 0.2) is 78.9 Å². The maximum atomic E-state index is 13.0. The van der Waals surface area contributed by atoms with Crippen molar-refractivity contribution in [3.63, 3.8) is 0 Å². The van der Waals surface area contributed by atoms with Gasteiger partial charge in [-0.25, -0.2) is 0 Å². The van der Waals surface area contributed by atoms with Crippen molar-refractivity contribution in [1.29, 1.82) is 0 Å². The smallest absolute Gasteiger partial charge is 0.251 e.